The number of hydrogen-bond donors (Lipinski definition) is 1. The summed E-state index contributed by atoms with van der Waals surface area (Å²) in [5, 5.41) is 9.10. The molecule has 2 rings (SSSR count). The molecule has 0 aromatic heterocycles. The number of rotatable bonds is 2. The van der Waals surface area contributed by atoms with Crippen LogP contribution in [0.2, 0.25) is 0 Å². The van der Waals surface area contributed by atoms with E-state index >= 15 is 0 Å². The molecule has 1 fully saturated rings. The van der Waals surface area contributed by atoms with Crippen LogP contribution >= 0.6 is 38.5 Å². The van der Waals surface area contributed by atoms with Gasteiger partial charge in [-0.15, -0.1) is 0 Å². The van der Waals surface area contributed by atoms with E-state index in [1.165, 1.54) is 4.90 Å². The molecule has 0 bridgehead atoms. The molecule has 1 saturated heterocycles. The first kappa shape index (κ1) is 13.8. The number of aliphatic carboxylic acids is 1. The van der Waals surface area contributed by atoms with Crippen LogP contribution in [0.25, 0.3) is 0 Å². The van der Waals surface area contributed by atoms with Crippen LogP contribution in [0, 0.1) is 3.57 Å². The molecule has 4 nitrogen and oxygen atoms in total. The largest absolute Gasteiger partial charge is 0.480 e. The number of carbonyl (C=O) groups excluding carboxylic acids is 1. The van der Waals surface area contributed by atoms with Gasteiger partial charge in [-0.25, -0.2) is 4.79 Å². The molecule has 1 aliphatic rings. The molecule has 18 heavy (non-hydrogen) atoms. The predicted octanol–water partition coefficient (Wildman–Crippen LogP) is 2.74. The van der Waals surface area contributed by atoms with E-state index in [2.05, 4.69) is 38.5 Å². The minimum absolute atomic E-state index is 0.203. The van der Waals surface area contributed by atoms with E-state index in [1.54, 1.807) is 6.07 Å². The van der Waals surface area contributed by atoms with Gasteiger partial charge in [0.15, 0.2) is 0 Å². The summed E-state index contributed by atoms with van der Waals surface area (Å²) in [5.41, 5.74) is 0.554. The van der Waals surface area contributed by atoms with E-state index in [4.69, 9.17) is 5.11 Å². The van der Waals surface area contributed by atoms with Crippen molar-refractivity contribution in [2.75, 3.05) is 6.54 Å². The fraction of sp³-hybridized carbons (Fsp3) is 0.333. The molecule has 1 N–H and O–H groups in total. The van der Waals surface area contributed by atoms with Crippen molar-refractivity contribution in [1.29, 1.82) is 0 Å². The second kappa shape index (κ2) is 5.56. The molecule has 0 radical (unpaired) electrons. The van der Waals surface area contributed by atoms with Crippen LogP contribution in [0.3, 0.4) is 0 Å². The van der Waals surface area contributed by atoms with Gasteiger partial charge in [0.05, 0.1) is 5.56 Å². The summed E-state index contributed by atoms with van der Waals surface area (Å²) in [7, 11) is 0. The van der Waals surface area contributed by atoms with Gasteiger partial charge in [0.1, 0.15) is 6.04 Å². The molecule has 6 heteroatoms. The lowest BCUT2D eigenvalue weighted by atomic mass is 10.1. The first-order valence-corrected chi connectivity index (χ1v) is 7.36. The Morgan fingerprint density at radius 3 is 2.83 bits per heavy atom. The van der Waals surface area contributed by atoms with Gasteiger partial charge < -0.3 is 10.0 Å². The highest BCUT2D eigenvalue weighted by Crippen LogP contribution is 2.24. The second-order valence-corrected chi connectivity index (χ2v) is 6.20. The van der Waals surface area contributed by atoms with E-state index in [-0.39, 0.29) is 5.91 Å². The minimum Gasteiger partial charge on any atom is -0.480 e. The number of hydrogen-bond acceptors (Lipinski definition) is 2. The number of carboxylic acids is 1. The number of nitrogens with zero attached hydrogens (tertiary/aromatic N) is 1. The summed E-state index contributed by atoms with van der Waals surface area (Å²) < 4.78 is 1.65. The Hall–Kier alpha value is -0.630. The number of carboxylic acid groups (broad SMARTS) is 1. The van der Waals surface area contributed by atoms with Crippen molar-refractivity contribution in [1.82, 2.24) is 4.90 Å². The molecule has 1 aromatic rings. The topological polar surface area (TPSA) is 57.6 Å². The maximum Gasteiger partial charge on any atom is 0.326 e. The normalized spacial score (nSPS) is 19.0. The highest BCUT2D eigenvalue weighted by molar-refractivity contribution is 14.1. The molecule has 96 valence electrons. The number of likely N-dealkylation sites (tertiary alicyclic amines) is 1. The van der Waals surface area contributed by atoms with Crippen LogP contribution in [0.5, 0.6) is 0 Å². The summed E-state index contributed by atoms with van der Waals surface area (Å²) >= 11 is 5.41. The summed E-state index contributed by atoms with van der Waals surface area (Å²) in [6.45, 7) is 0.512. The highest BCUT2D eigenvalue weighted by atomic mass is 127. The number of halogens is 2. The fourth-order valence-electron chi connectivity index (χ4n) is 2.08. The van der Waals surface area contributed by atoms with Gasteiger partial charge in [0.2, 0.25) is 0 Å². The molecule has 1 atom stereocenters. The van der Waals surface area contributed by atoms with Crippen LogP contribution < -0.4 is 0 Å². The lowest BCUT2D eigenvalue weighted by Gasteiger charge is -2.22. The Morgan fingerprint density at radius 2 is 2.17 bits per heavy atom. The maximum atomic E-state index is 12.4. The summed E-state index contributed by atoms with van der Waals surface area (Å²) in [6, 6.07) is 4.75. The van der Waals surface area contributed by atoms with E-state index in [1.807, 2.05) is 12.1 Å². The van der Waals surface area contributed by atoms with Gasteiger partial charge in [0, 0.05) is 14.6 Å². The fourth-order valence-corrected chi connectivity index (χ4v) is 3.01. The van der Waals surface area contributed by atoms with Gasteiger partial charge in [-0.1, -0.05) is 15.9 Å². The Kier molecular flexibility index (Phi) is 4.26. The van der Waals surface area contributed by atoms with Crippen LogP contribution in [-0.2, 0) is 4.79 Å². The maximum absolute atomic E-state index is 12.4. The lowest BCUT2D eigenvalue weighted by molar-refractivity contribution is -0.141. The van der Waals surface area contributed by atoms with Gasteiger partial charge in [0.25, 0.3) is 5.91 Å². The molecule has 1 heterocycles. The van der Waals surface area contributed by atoms with Crippen molar-refractivity contribution in [3.8, 4) is 0 Å². The molecule has 0 aliphatic carbocycles. The lowest BCUT2D eigenvalue weighted by Crippen LogP contribution is -2.40. The average Bonchev–Trinajstić information content (AvgIpc) is 2.80. The zero-order valence-corrected chi connectivity index (χ0v) is 13.1. The second-order valence-electron chi connectivity index (χ2n) is 4.12. The van der Waals surface area contributed by atoms with Crippen molar-refractivity contribution in [2.24, 2.45) is 0 Å². The average molecular weight is 424 g/mol. The van der Waals surface area contributed by atoms with Crippen molar-refractivity contribution >= 4 is 50.4 Å². The first-order chi connectivity index (χ1) is 8.50. The van der Waals surface area contributed by atoms with Crippen LogP contribution in [0.15, 0.2) is 22.7 Å². The molecule has 0 spiro atoms. The zero-order chi connectivity index (χ0) is 13.3. The molecular weight excluding hydrogens is 413 g/mol. The zero-order valence-electron chi connectivity index (χ0n) is 9.40. The SMILES string of the molecule is O=C(O)[C@@H]1CCCN1C(=O)c1cc(Br)ccc1I. The van der Waals surface area contributed by atoms with E-state index in [0.717, 1.165) is 14.5 Å². The van der Waals surface area contributed by atoms with Gasteiger partial charge in [-0.3, -0.25) is 4.79 Å². The number of amides is 1. The van der Waals surface area contributed by atoms with Gasteiger partial charge in [-0.05, 0) is 53.6 Å². The summed E-state index contributed by atoms with van der Waals surface area (Å²) in [5.74, 6) is -1.13. The molecule has 1 aliphatic heterocycles. The third-order valence-corrected chi connectivity index (χ3v) is 4.39. The molecular formula is C12H11BrINO3. The Labute approximate surface area is 127 Å². The Bertz CT molecular complexity index is 506. The van der Waals surface area contributed by atoms with E-state index < -0.39 is 12.0 Å². The quantitative estimate of drug-likeness (QED) is 0.744. The van der Waals surface area contributed by atoms with Gasteiger partial charge >= 0.3 is 5.97 Å². The first-order valence-electron chi connectivity index (χ1n) is 5.49. The van der Waals surface area contributed by atoms with E-state index in [9.17, 15) is 9.59 Å². The van der Waals surface area contributed by atoms with Crippen LogP contribution in [-0.4, -0.2) is 34.5 Å². The third-order valence-electron chi connectivity index (χ3n) is 2.96. The Morgan fingerprint density at radius 1 is 1.44 bits per heavy atom. The molecule has 1 amide bonds. The van der Waals surface area contributed by atoms with Crippen LogP contribution in [0.1, 0.15) is 23.2 Å². The van der Waals surface area contributed by atoms with Crippen molar-refractivity contribution < 1.29 is 14.7 Å². The molecule has 1 aromatic carbocycles. The van der Waals surface area contributed by atoms with Crippen molar-refractivity contribution in [3.05, 3.63) is 31.8 Å². The monoisotopic (exact) mass is 423 g/mol. The van der Waals surface area contributed by atoms with Crippen molar-refractivity contribution in [3.63, 3.8) is 0 Å². The minimum atomic E-state index is -0.925. The van der Waals surface area contributed by atoms with Gasteiger partial charge in [-0.2, -0.15) is 0 Å². The Balaban J connectivity index is 2.31. The third kappa shape index (κ3) is 2.69. The summed E-state index contributed by atoms with van der Waals surface area (Å²) in [6.07, 6.45) is 1.28. The highest BCUT2D eigenvalue weighted by Gasteiger charge is 2.34. The smallest absolute Gasteiger partial charge is 0.326 e. The summed E-state index contributed by atoms with van der Waals surface area (Å²) in [4.78, 5) is 24.9. The molecule has 0 unspecified atom stereocenters. The predicted molar refractivity (Wildman–Crippen MR) is 78.6 cm³/mol. The number of carbonyl (C=O) groups is 2. The van der Waals surface area contributed by atoms with Crippen molar-refractivity contribution in [2.45, 2.75) is 18.9 Å². The molecule has 0 saturated carbocycles. The van der Waals surface area contributed by atoms with Crippen LogP contribution in [0.4, 0.5) is 0 Å². The van der Waals surface area contributed by atoms with E-state index in [0.29, 0.717) is 18.5 Å². The standard InChI is InChI=1S/C12H11BrINO3/c13-7-3-4-9(14)8(6-7)11(16)15-5-1-2-10(15)12(17)18/h3-4,6,10H,1-2,5H2,(H,17,18)/t10-/m0/s1. The number of benzene rings is 1.